The topological polar surface area (TPSA) is 29.4 Å². The van der Waals surface area contributed by atoms with Crippen molar-refractivity contribution in [2.24, 2.45) is 4.99 Å². The Hall–Kier alpha value is -2.48. The van der Waals surface area contributed by atoms with Crippen LogP contribution in [0.5, 0.6) is 0 Å². The number of benzene rings is 2. The number of hydrogen-bond donors (Lipinski definition) is 0. The lowest BCUT2D eigenvalue weighted by molar-refractivity contribution is 0.106. The van der Waals surface area contributed by atoms with E-state index in [0.29, 0.717) is 11.3 Å². The highest BCUT2D eigenvalue weighted by atomic mass is 16.1. The summed E-state index contributed by atoms with van der Waals surface area (Å²) in [7, 11) is 0. The van der Waals surface area contributed by atoms with E-state index in [1.165, 1.54) is 0 Å². The second-order valence-corrected chi connectivity index (χ2v) is 4.08. The minimum absolute atomic E-state index is 0.0167. The van der Waals surface area contributed by atoms with E-state index < -0.39 is 0 Å². The Labute approximate surface area is 105 Å². The molecular formula is C16H11NO. The van der Waals surface area contributed by atoms with Gasteiger partial charge in [0.25, 0.3) is 0 Å². The summed E-state index contributed by atoms with van der Waals surface area (Å²) in [6.45, 7) is 0. The van der Waals surface area contributed by atoms with Crippen LogP contribution in [0.4, 0.5) is 0 Å². The van der Waals surface area contributed by atoms with E-state index >= 15 is 0 Å². The summed E-state index contributed by atoms with van der Waals surface area (Å²) < 4.78 is 0. The van der Waals surface area contributed by atoms with Gasteiger partial charge in [-0.05, 0) is 5.56 Å². The molecule has 2 heteroatoms. The summed E-state index contributed by atoms with van der Waals surface area (Å²) in [5, 5.41) is 0. The average Bonchev–Trinajstić information content (AvgIpc) is 2.40. The maximum atomic E-state index is 12.2. The second-order valence-electron chi connectivity index (χ2n) is 4.08. The van der Waals surface area contributed by atoms with Crippen molar-refractivity contribution in [3.05, 3.63) is 78.0 Å². The van der Waals surface area contributed by atoms with Crippen LogP contribution < -0.4 is 0 Å². The molecule has 0 aliphatic carbocycles. The molecule has 1 aliphatic heterocycles. The van der Waals surface area contributed by atoms with Crippen LogP contribution in [0.3, 0.4) is 0 Å². The third kappa shape index (κ3) is 1.78. The van der Waals surface area contributed by atoms with Crippen LogP contribution in [0.15, 0.2) is 71.9 Å². The van der Waals surface area contributed by atoms with Gasteiger partial charge in [0.15, 0.2) is 0 Å². The Morgan fingerprint density at radius 1 is 0.833 bits per heavy atom. The van der Waals surface area contributed by atoms with Gasteiger partial charge in [0, 0.05) is 17.3 Å². The number of carbonyl (C=O) groups is 1. The van der Waals surface area contributed by atoms with Crippen LogP contribution in [-0.2, 0) is 0 Å². The number of hydrogen-bond acceptors (Lipinski definition) is 2. The zero-order chi connectivity index (χ0) is 12.4. The molecule has 0 saturated carbocycles. The van der Waals surface area contributed by atoms with E-state index in [1.54, 1.807) is 6.20 Å². The van der Waals surface area contributed by atoms with Crippen LogP contribution in [0.2, 0.25) is 0 Å². The summed E-state index contributed by atoms with van der Waals surface area (Å²) >= 11 is 0. The van der Waals surface area contributed by atoms with Crippen LogP contribution >= 0.6 is 0 Å². The molecule has 0 atom stereocenters. The normalized spacial score (nSPS) is 13.3. The van der Waals surface area contributed by atoms with Gasteiger partial charge in [-0.3, -0.25) is 9.79 Å². The van der Waals surface area contributed by atoms with Gasteiger partial charge in [-0.1, -0.05) is 60.7 Å². The standard InChI is InChI=1S/C16H11NO/c18-16(13-9-5-2-6-10-13)15-14(11-17-15)12-7-3-1-4-8-12/h1-11H. The Morgan fingerprint density at radius 2 is 1.44 bits per heavy atom. The van der Waals surface area contributed by atoms with E-state index in [0.717, 1.165) is 11.1 Å². The van der Waals surface area contributed by atoms with Gasteiger partial charge >= 0.3 is 0 Å². The van der Waals surface area contributed by atoms with Crippen LogP contribution in [0, 0.1) is 0 Å². The summed E-state index contributed by atoms with van der Waals surface area (Å²) in [6.07, 6.45) is 1.74. The lowest BCUT2D eigenvalue weighted by Gasteiger charge is -2.15. The van der Waals surface area contributed by atoms with Crippen LogP contribution in [0.25, 0.3) is 5.57 Å². The SMILES string of the molecule is O=C(C1=NC=C1c1ccccc1)c1ccccc1. The summed E-state index contributed by atoms with van der Waals surface area (Å²) in [5.41, 5.74) is 3.18. The quantitative estimate of drug-likeness (QED) is 0.747. The maximum Gasteiger partial charge on any atom is 0.212 e. The van der Waals surface area contributed by atoms with E-state index in [1.807, 2.05) is 60.7 Å². The molecule has 0 N–H and O–H groups in total. The molecule has 0 aromatic heterocycles. The van der Waals surface area contributed by atoms with E-state index in [4.69, 9.17) is 0 Å². The average molecular weight is 233 g/mol. The lowest BCUT2D eigenvalue weighted by atomic mass is 9.93. The first-order chi connectivity index (χ1) is 8.86. The van der Waals surface area contributed by atoms with Crippen LogP contribution in [-0.4, -0.2) is 11.5 Å². The third-order valence-corrected chi connectivity index (χ3v) is 2.91. The largest absolute Gasteiger partial charge is 0.287 e. The third-order valence-electron chi connectivity index (χ3n) is 2.91. The Morgan fingerprint density at radius 3 is 2.00 bits per heavy atom. The molecule has 0 radical (unpaired) electrons. The molecular weight excluding hydrogens is 222 g/mol. The summed E-state index contributed by atoms with van der Waals surface area (Å²) in [4.78, 5) is 16.3. The van der Waals surface area contributed by atoms with Crippen molar-refractivity contribution in [3.63, 3.8) is 0 Å². The maximum absolute atomic E-state index is 12.2. The van der Waals surface area contributed by atoms with Crippen molar-refractivity contribution in [3.8, 4) is 0 Å². The second kappa shape index (κ2) is 4.41. The van der Waals surface area contributed by atoms with E-state index in [-0.39, 0.29) is 5.78 Å². The summed E-state index contributed by atoms with van der Waals surface area (Å²) in [5.74, 6) is -0.0167. The molecule has 0 fully saturated rings. The van der Waals surface area contributed by atoms with Crippen molar-refractivity contribution >= 4 is 17.1 Å². The van der Waals surface area contributed by atoms with E-state index in [2.05, 4.69) is 4.99 Å². The molecule has 2 nitrogen and oxygen atoms in total. The predicted molar refractivity (Wildman–Crippen MR) is 72.6 cm³/mol. The van der Waals surface area contributed by atoms with Gasteiger partial charge in [-0.25, -0.2) is 0 Å². The smallest absolute Gasteiger partial charge is 0.212 e. The Balaban J connectivity index is 1.86. The fourth-order valence-electron chi connectivity index (χ4n) is 1.93. The van der Waals surface area contributed by atoms with Crippen molar-refractivity contribution in [2.75, 3.05) is 0 Å². The molecule has 0 amide bonds. The van der Waals surface area contributed by atoms with Gasteiger partial charge in [-0.15, -0.1) is 0 Å². The Kier molecular flexibility index (Phi) is 2.61. The van der Waals surface area contributed by atoms with Crippen molar-refractivity contribution in [1.82, 2.24) is 0 Å². The molecule has 1 heterocycles. The zero-order valence-electron chi connectivity index (χ0n) is 9.71. The fraction of sp³-hybridized carbons (Fsp3) is 0. The lowest BCUT2D eigenvalue weighted by Crippen LogP contribution is -2.20. The highest BCUT2D eigenvalue weighted by Crippen LogP contribution is 2.24. The monoisotopic (exact) mass is 233 g/mol. The number of allylic oxidation sites excluding steroid dienone is 1. The fourth-order valence-corrected chi connectivity index (χ4v) is 1.93. The van der Waals surface area contributed by atoms with Crippen molar-refractivity contribution in [1.29, 1.82) is 0 Å². The predicted octanol–water partition coefficient (Wildman–Crippen LogP) is 3.37. The Bertz CT molecular complexity index is 596. The van der Waals surface area contributed by atoms with Gasteiger partial charge < -0.3 is 0 Å². The number of nitrogens with zero attached hydrogens (tertiary/aromatic N) is 1. The number of carbonyl (C=O) groups excluding carboxylic acids is 1. The van der Waals surface area contributed by atoms with E-state index in [9.17, 15) is 4.79 Å². The minimum atomic E-state index is -0.0167. The molecule has 1 aliphatic rings. The highest BCUT2D eigenvalue weighted by Gasteiger charge is 2.23. The van der Waals surface area contributed by atoms with Gasteiger partial charge in [0.1, 0.15) is 5.71 Å². The number of aliphatic imine (C=N–C) groups is 1. The first-order valence-corrected chi connectivity index (χ1v) is 5.80. The molecule has 2 aromatic rings. The van der Waals surface area contributed by atoms with Gasteiger partial charge in [-0.2, -0.15) is 0 Å². The molecule has 86 valence electrons. The first-order valence-electron chi connectivity index (χ1n) is 5.80. The molecule has 0 unspecified atom stereocenters. The minimum Gasteiger partial charge on any atom is -0.287 e. The van der Waals surface area contributed by atoms with Crippen LogP contribution in [0.1, 0.15) is 15.9 Å². The molecule has 2 aromatic carbocycles. The van der Waals surface area contributed by atoms with Gasteiger partial charge in [0.05, 0.1) is 0 Å². The number of rotatable bonds is 3. The highest BCUT2D eigenvalue weighted by molar-refractivity contribution is 6.62. The molecule has 18 heavy (non-hydrogen) atoms. The molecule has 0 bridgehead atoms. The van der Waals surface area contributed by atoms with Crippen molar-refractivity contribution < 1.29 is 4.79 Å². The molecule has 0 spiro atoms. The molecule has 3 rings (SSSR count). The number of ketones is 1. The number of Topliss-reactive ketones (excluding diaryl/α,β-unsaturated/α-hetero) is 1. The van der Waals surface area contributed by atoms with Gasteiger partial charge in [0.2, 0.25) is 5.78 Å². The first kappa shape index (κ1) is 10.7. The van der Waals surface area contributed by atoms with Crippen molar-refractivity contribution in [2.45, 2.75) is 0 Å². The molecule has 0 saturated heterocycles. The summed E-state index contributed by atoms with van der Waals surface area (Å²) in [6, 6.07) is 19.1. The zero-order valence-corrected chi connectivity index (χ0v) is 9.71.